The fraction of sp³-hybridized carbons (Fsp3) is 0.429. The van der Waals surface area contributed by atoms with Crippen molar-refractivity contribution in [1.82, 2.24) is 0 Å². The van der Waals surface area contributed by atoms with Crippen molar-refractivity contribution < 1.29 is 14.6 Å². The zero-order valence-corrected chi connectivity index (χ0v) is 10.4. The van der Waals surface area contributed by atoms with Gasteiger partial charge in [-0.1, -0.05) is 0 Å². The second-order valence-electron chi connectivity index (χ2n) is 4.47. The Hall–Kier alpha value is -1.84. The number of hydrogen-bond acceptors (Lipinski definition) is 3. The first-order valence-corrected chi connectivity index (χ1v) is 6.10. The van der Waals surface area contributed by atoms with Gasteiger partial charge >= 0.3 is 5.97 Å². The summed E-state index contributed by atoms with van der Waals surface area (Å²) in [5, 5.41) is 8.67. The van der Waals surface area contributed by atoms with Crippen LogP contribution in [0.1, 0.15) is 36.3 Å². The second-order valence-corrected chi connectivity index (χ2v) is 4.47. The van der Waals surface area contributed by atoms with E-state index >= 15 is 0 Å². The maximum absolute atomic E-state index is 10.5. The lowest BCUT2D eigenvalue weighted by molar-refractivity contribution is -0.137. The molecule has 0 fully saturated rings. The van der Waals surface area contributed by atoms with Crippen molar-refractivity contribution in [3.8, 4) is 5.75 Å². The van der Waals surface area contributed by atoms with E-state index in [0.717, 1.165) is 24.3 Å². The Balaban J connectivity index is 2.11. The van der Waals surface area contributed by atoms with E-state index in [2.05, 4.69) is 4.99 Å². The molecule has 0 bridgehead atoms. The smallest absolute Gasteiger partial charge is 0.303 e. The molecule has 4 nitrogen and oxygen atoms in total. The van der Waals surface area contributed by atoms with Crippen LogP contribution in [-0.2, 0) is 4.79 Å². The van der Waals surface area contributed by atoms with Gasteiger partial charge in [-0.05, 0) is 42.2 Å². The maximum Gasteiger partial charge on any atom is 0.303 e. The summed E-state index contributed by atoms with van der Waals surface area (Å²) < 4.78 is 5.23. The molecular formula is C14H17NO3. The largest absolute Gasteiger partial charge is 0.497 e. The van der Waals surface area contributed by atoms with Gasteiger partial charge in [0.25, 0.3) is 0 Å². The summed E-state index contributed by atoms with van der Waals surface area (Å²) in [6.07, 6.45) is 3.64. The molecule has 96 valence electrons. The van der Waals surface area contributed by atoms with Gasteiger partial charge in [0.05, 0.1) is 7.11 Å². The highest BCUT2D eigenvalue weighted by atomic mass is 16.5. The topological polar surface area (TPSA) is 58.9 Å². The van der Waals surface area contributed by atoms with Crippen molar-refractivity contribution in [2.75, 3.05) is 13.7 Å². The molecular weight excluding hydrogens is 230 g/mol. The van der Waals surface area contributed by atoms with Gasteiger partial charge < -0.3 is 9.84 Å². The molecule has 0 spiro atoms. The quantitative estimate of drug-likeness (QED) is 0.869. The minimum absolute atomic E-state index is 0.222. The van der Waals surface area contributed by atoms with Crippen molar-refractivity contribution >= 4 is 12.2 Å². The number of carboxylic acid groups (broad SMARTS) is 1. The minimum atomic E-state index is -0.736. The molecule has 1 aromatic rings. The van der Waals surface area contributed by atoms with Gasteiger partial charge in [0.1, 0.15) is 5.75 Å². The molecule has 1 aliphatic rings. The molecule has 1 atom stereocenters. The second kappa shape index (κ2) is 5.67. The number of ether oxygens (including phenoxy) is 1. The Morgan fingerprint density at radius 1 is 1.56 bits per heavy atom. The maximum atomic E-state index is 10.5. The lowest BCUT2D eigenvalue weighted by Crippen LogP contribution is -2.12. The first-order chi connectivity index (χ1) is 8.70. The van der Waals surface area contributed by atoms with Crippen LogP contribution < -0.4 is 4.74 Å². The third-order valence-corrected chi connectivity index (χ3v) is 3.23. The molecule has 0 radical (unpaired) electrons. The number of nitrogens with zero attached hydrogens (tertiary/aromatic N) is 1. The number of carbonyl (C=O) groups is 1. The number of aliphatic carboxylic acids is 1. The average Bonchev–Trinajstić information content (AvgIpc) is 2.38. The fourth-order valence-corrected chi connectivity index (χ4v) is 2.27. The SMILES string of the molecule is COc1ccc2c(c1)C(CCCC(=O)O)CN=C2. The van der Waals surface area contributed by atoms with Crippen LogP contribution in [0.4, 0.5) is 0 Å². The van der Waals surface area contributed by atoms with Crippen molar-refractivity contribution in [2.45, 2.75) is 25.2 Å². The van der Waals surface area contributed by atoms with Crippen molar-refractivity contribution in [3.63, 3.8) is 0 Å². The van der Waals surface area contributed by atoms with E-state index in [1.807, 2.05) is 24.4 Å². The Bertz CT molecular complexity index is 468. The Labute approximate surface area is 106 Å². The van der Waals surface area contributed by atoms with E-state index in [1.54, 1.807) is 7.11 Å². The Morgan fingerprint density at radius 3 is 3.11 bits per heavy atom. The molecule has 4 heteroatoms. The summed E-state index contributed by atoms with van der Waals surface area (Å²) in [4.78, 5) is 14.9. The van der Waals surface area contributed by atoms with E-state index in [9.17, 15) is 4.79 Å². The molecule has 1 aliphatic heterocycles. The van der Waals surface area contributed by atoms with Crippen LogP contribution in [0.2, 0.25) is 0 Å². The Morgan fingerprint density at radius 2 is 2.39 bits per heavy atom. The number of methoxy groups -OCH3 is 1. The molecule has 0 saturated carbocycles. The predicted octanol–water partition coefficient (Wildman–Crippen LogP) is 2.47. The summed E-state index contributed by atoms with van der Waals surface area (Å²) in [5.74, 6) is 0.409. The van der Waals surface area contributed by atoms with Gasteiger partial charge in [0, 0.05) is 25.1 Å². The van der Waals surface area contributed by atoms with Crippen molar-refractivity contribution in [3.05, 3.63) is 29.3 Å². The summed E-state index contributed by atoms with van der Waals surface area (Å²) in [5.41, 5.74) is 2.33. The van der Waals surface area contributed by atoms with Gasteiger partial charge in [-0.25, -0.2) is 0 Å². The summed E-state index contributed by atoms with van der Waals surface area (Å²) in [6.45, 7) is 0.736. The van der Waals surface area contributed by atoms with E-state index < -0.39 is 5.97 Å². The van der Waals surface area contributed by atoms with Crippen LogP contribution in [0.15, 0.2) is 23.2 Å². The van der Waals surface area contributed by atoms with Gasteiger partial charge in [-0.3, -0.25) is 9.79 Å². The number of rotatable bonds is 5. The summed E-state index contributed by atoms with van der Waals surface area (Å²) >= 11 is 0. The van der Waals surface area contributed by atoms with Crippen molar-refractivity contribution in [2.24, 2.45) is 4.99 Å². The summed E-state index contributed by atoms with van der Waals surface area (Å²) in [7, 11) is 1.65. The van der Waals surface area contributed by atoms with Gasteiger partial charge in [0.15, 0.2) is 0 Å². The molecule has 0 saturated heterocycles. The standard InChI is InChI=1S/C14H17NO3/c1-18-12-6-5-11-9-15-8-10(13(11)7-12)3-2-4-14(16)17/h5-7,9-10H,2-4,8H2,1H3,(H,16,17). The van der Waals surface area contributed by atoms with E-state index in [1.165, 1.54) is 5.56 Å². The number of fused-ring (bicyclic) bond motifs is 1. The van der Waals surface area contributed by atoms with Gasteiger partial charge in [-0.15, -0.1) is 0 Å². The fourth-order valence-electron chi connectivity index (χ4n) is 2.27. The van der Waals surface area contributed by atoms with Gasteiger partial charge in [0.2, 0.25) is 0 Å². The van der Waals surface area contributed by atoms with Gasteiger partial charge in [-0.2, -0.15) is 0 Å². The zero-order valence-electron chi connectivity index (χ0n) is 10.4. The molecule has 2 rings (SSSR count). The van der Waals surface area contributed by atoms with Crippen LogP contribution in [-0.4, -0.2) is 30.9 Å². The molecule has 1 unspecified atom stereocenters. The predicted molar refractivity (Wildman–Crippen MR) is 69.7 cm³/mol. The first kappa shape index (κ1) is 12.6. The highest BCUT2D eigenvalue weighted by Crippen LogP contribution is 2.30. The third kappa shape index (κ3) is 2.88. The molecule has 1 heterocycles. The first-order valence-electron chi connectivity index (χ1n) is 6.10. The average molecular weight is 247 g/mol. The van der Waals surface area contributed by atoms with Crippen LogP contribution in [0, 0.1) is 0 Å². The lowest BCUT2D eigenvalue weighted by atomic mass is 9.88. The van der Waals surface area contributed by atoms with E-state index in [-0.39, 0.29) is 6.42 Å². The highest BCUT2D eigenvalue weighted by molar-refractivity contribution is 5.83. The zero-order chi connectivity index (χ0) is 13.0. The van der Waals surface area contributed by atoms with Crippen LogP contribution in [0.3, 0.4) is 0 Å². The van der Waals surface area contributed by atoms with Crippen molar-refractivity contribution in [1.29, 1.82) is 0 Å². The lowest BCUT2D eigenvalue weighted by Gasteiger charge is -2.21. The number of aliphatic imine (C=N–C) groups is 1. The normalized spacial score (nSPS) is 17.3. The molecule has 18 heavy (non-hydrogen) atoms. The number of benzene rings is 1. The van der Waals surface area contributed by atoms with E-state index in [4.69, 9.17) is 9.84 Å². The van der Waals surface area contributed by atoms with Crippen LogP contribution >= 0.6 is 0 Å². The third-order valence-electron chi connectivity index (χ3n) is 3.23. The number of hydrogen-bond donors (Lipinski definition) is 1. The monoisotopic (exact) mass is 247 g/mol. The summed E-state index contributed by atoms with van der Waals surface area (Å²) in [6, 6.07) is 5.96. The molecule has 0 amide bonds. The minimum Gasteiger partial charge on any atom is -0.497 e. The molecule has 1 aromatic carbocycles. The molecule has 0 aliphatic carbocycles. The Kier molecular flexibility index (Phi) is 3.97. The van der Waals surface area contributed by atoms with Crippen LogP contribution in [0.5, 0.6) is 5.75 Å². The van der Waals surface area contributed by atoms with Crippen LogP contribution in [0.25, 0.3) is 0 Å². The number of carboxylic acids is 1. The molecule has 1 N–H and O–H groups in total. The van der Waals surface area contributed by atoms with E-state index in [0.29, 0.717) is 12.3 Å². The molecule has 0 aromatic heterocycles. The highest BCUT2D eigenvalue weighted by Gasteiger charge is 2.18.